The highest BCUT2D eigenvalue weighted by molar-refractivity contribution is 6.32. The second-order valence-electron chi connectivity index (χ2n) is 4.99. The predicted octanol–water partition coefficient (Wildman–Crippen LogP) is 3.24. The fourth-order valence-electron chi connectivity index (χ4n) is 2.09. The molecule has 0 spiro atoms. The van der Waals surface area contributed by atoms with Crippen molar-refractivity contribution in [2.24, 2.45) is 0 Å². The Kier molecular flexibility index (Phi) is 6.40. The summed E-state index contributed by atoms with van der Waals surface area (Å²) in [5.41, 5.74) is 1.15. The summed E-state index contributed by atoms with van der Waals surface area (Å²) in [7, 11) is 1.47. The van der Waals surface area contributed by atoms with Gasteiger partial charge in [-0.25, -0.2) is 4.39 Å². The fourth-order valence-corrected chi connectivity index (χ4v) is 2.38. The van der Waals surface area contributed by atoms with E-state index in [0.29, 0.717) is 28.6 Å². The van der Waals surface area contributed by atoms with Crippen LogP contribution >= 0.6 is 11.6 Å². The highest BCUT2D eigenvalue weighted by Crippen LogP contribution is 2.37. The first-order valence-corrected chi connectivity index (χ1v) is 7.54. The lowest BCUT2D eigenvalue weighted by atomic mass is 10.2. The number of benzene rings is 2. The van der Waals surface area contributed by atoms with Gasteiger partial charge in [-0.1, -0.05) is 29.8 Å². The van der Waals surface area contributed by atoms with Crippen LogP contribution < -0.4 is 14.8 Å². The van der Waals surface area contributed by atoms with E-state index in [1.165, 1.54) is 13.2 Å². The monoisotopic (exact) mass is 353 g/mol. The number of hydrogen-bond donors (Lipinski definition) is 2. The highest BCUT2D eigenvalue weighted by Gasteiger charge is 2.13. The molecular weight excluding hydrogens is 337 g/mol. The molecule has 0 fully saturated rings. The normalized spacial score (nSPS) is 10.5. The maximum absolute atomic E-state index is 13.6. The molecule has 0 aliphatic carbocycles. The van der Waals surface area contributed by atoms with E-state index < -0.39 is 5.97 Å². The molecule has 0 saturated carbocycles. The van der Waals surface area contributed by atoms with Crippen LogP contribution in [0.5, 0.6) is 11.5 Å². The number of methoxy groups -OCH3 is 1. The van der Waals surface area contributed by atoms with Gasteiger partial charge in [-0.05, 0) is 23.8 Å². The summed E-state index contributed by atoms with van der Waals surface area (Å²) in [6, 6.07) is 9.64. The zero-order chi connectivity index (χ0) is 17.5. The molecule has 0 heterocycles. The summed E-state index contributed by atoms with van der Waals surface area (Å²) in [5, 5.41) is 11.7. The summed E-state index contributed by atoms with van der Waals surface area (Å²) in [6.07, 6.45) is 0. The van der Waals surface area contributed by atoms with Gasteiger partial charge in [0.15, 0.2) is 11.5 Å². The number of hydrogen-bond acceptors (Lipinski definition) is 4. The number of aliphatic carboxylic acids is 1. The quantitative estimate of drug-likeness (QED) is 0.762. The standard InChI is InChI=1S/C17H17ClFNO4/c1-23-15-7-11(8-20-9-16(21)22)6-13(18)17(15)24-10-12-4-2-3-5-14(12)19/h2-7,20H,8-10H2,1H3,(H,21,22). The van der Waals surface area contributed by atoms with Gasteiger partial charge in [0, 0.05) is 12.1 Å². The predicted molar refractivity (Wildman–Crippen MR) is 88.1 cm³/mol. The molecule has 0 saturated heterocycles. The third-order valence-corrected chi connectivity index (χ3v) is 3.51. The highest BCUT2D eigenvalue weighted by atomic mass is 35.5. The van der Waals surface area contributed by atoms with Crippen LogP contribution in [0.15, 0.2) is 36.4 Å². The van der Waals surface area contributed by atoms with Gasteiger partial charge in [-0.2, -0.15) is 0 Å². The molecule has 7 heteroatoms. The Morgan fingerprint density at radius 3 is 2.75 bits per heavy atom. The molecule has 2 rings (SSSR count). The van der Waals surface area contributed by atoms with Gasteiger partial charge in [0.2, 0.25) is 0 Å². The van der Waals surface area contributed by atoms with Crippen molar-refractivity contribution in [3.63, 3.8) is 0 Å². The van der Waals surface area contributed by atoms with Gasteiger partial charge >= 0.3 is 5.97 Å². The van der Waals surface area contributed by atoms with Gasteiger partial charge in [0.05, 0.1) is 18.7 Å². The lowest BCUT2D eigenvalue weighted by molar-refractivity contribution is -0.135. The SMILES string of the molecule is COc1cc(CNCC(=O)O)cc(Cl)c1OCc1ccccc1F. The average Bonchev–Trinajstić information content (AvgIpc) is 2.54. The zero-order valence-corrected chi connectivity index (χ0v) is 13.8. The van der Waals surface area contributed by atoms with Crippen LogP contribution in [-0.2, 0) is 17.9 Å². The maximum atomic E-state index is 13.6. The van der Waals surface area contributed by atoms with E-state index in [9.17, 15) is 9.18 Å². The number of carboxylic acids is 1. The maximum Gasteiger partial charge on any atom is 0.317 e. The third-order valence-electron chi connectivity index (χ3n) is 3.22. The first kappa shape index (κ1) is 18.0. The number of rotatable bonds is 8. The Hall–Kier alpha value is -2.31. The number of ether oxygens (including phenoxy) is 2. The van der Waals surface area contributed by atoms with E-state index in [-0.39, 0.29) is 19.0 Å². The molecule has 5 nitrogen and oxygen atoms in total. The van der Waals surface area contributed by atoms with Gasteiger partial charge in [-0.15, -0.1) is 0 Å². The molecule has 0 aromatic heterocycles. The molecule has 0 amide bonds. The van der Waals surface area contributed by atoms with Gasteiger partial charge < -0.3 is 19.9 Å². The van der Waals surface area contributed by atoms with E-state index in [0.717, 1.165) is 5.56 Å². The zero-order valence-electron chi connectivity index (χ0n) is 13.0. The molecule has 0 radical (unpaired) electrons. The molecule has 0 bridgehead atoms. The third kappa shape index (κ3) is 4.84. The van der Waals surface area contributed by atoms with Crippen molar-refractivity contribution in [3.8, 4) is 11.5 Å². The van der Waals surface area contributed by atoms with E-state index in [4.69, 9.17) is 26.2 Å². The van der Waals surface area contributed by atoms with Crippen molar-refractivity contribution in [3.05, 3.63) is 58.4 Å². The molecule has 0 unspecified atom stereocenters. The van der Waals surface area contributed by atoms with E-state index in [1.54, 1.807) is 30.3 Å². The summed E-state index contributed by atoms with van der Waals surface area (Å²) in [6.45, 7) is 0.167. The average molecular weight is 354 g/mol. The molecule has 2 aromatic rings. The number of carboxylic acid groups (broad SMARTS) is 1. The fraction of sp³-hybridized carbons (Fsp3) is 0.235. The first-order valence-electron chi connectivity index (χ1n) is 7.16. The molecule has 0 aliphatic heterocycles. The number of nitrogens with one attached hydrogen (secondary N) is 1. The van der Waals surface area contributed by atoms with Crippen LogP contribution in [0.4, 0.5) is 4.39 Å². The van der Waals surface area contributed by atoms with Crippen molar-refractivity contribution in [2.75, 3.05) is 13.7 Å². The number of halogens is 2. The Labute approximate surface area is 144 Å². The van der Waals surface area contributed by atoms with Crippen LogP contribution in [-0.4, -0.2) is 24.7 Å². The number of carbonyl (C=O) groups is 1. The van der Waals surface area contributed by atoms with Crippen molar-refractivity contribution in [1.82, 2.24) is 5.32 Å². The van der Waals surface area contributed by atoms with Crippen LogP contribution in [0.1, 0.15) is 11.1 Å². The van der Waals surface area contributed by atoms with E-state index in [1.807, 2.05) is 0 Å². The topological polar surface area (TPSA) is 67.8 Å². The van der Waals surface area contributed by atoms with Crippen molar-refractivity contribution in [2.45, 2.75) is 13.2 Å². The summed E-state index contributed by atoms with van der Waals surface area (Å²) < 4.78 is 24.5. The lowest BCUT2D eigenvalue weighted by Gasteiger charge is -2.14. The molecule has 0 atom stereocenters. The molecule has 0 aliphatic rings. The summed E-state index contributed by atoms with van der Waals surface area (Å²) >= 11 is 6.22. The van der Waals surface area contributed by atoms with Crippen LogP contribution in [0.25, 0.3) is 0 Å². The lowest BCUT2D eigenvalue weighted by Crippen LogP contribution is -2.21. The van der Waals surface area contributed by atoms with E-state index >= 15 is 0 Å². The van der Waals surface area contributed by atoms with Gasteiger partial charge in [-0.3, -0.25) is 4.79 Å². The van der Waals surface area contributed by atoms with Gasteiger partial charge in [0.1, 0.15) is 12.4 Å². The molecular formula is C17H17ClFNO4. The minimum Gasteiger partial charge on any atom is -0.493 e. The van der Waals surface area contributed by atoms with E-state index in [2.05, 4.69) is 5.32 Å². The van der Waals surface area contributed by atoms with Crippen molar-refractivity contribution < 1.29 is 23.8 Å². The van der Waals surface area contributed by atoms with Crippen LogP contribution in [0, 0.1) is 5.82 Å². The summed E-state index contributed by atoms with van der Waals surface area (Å²) in [4.78, 5) is 10.5. The Morgan fingerprint density at radius 2 is 2.08 bits per heavy atom. The van der Waals surface area contributed by atoms with Gasteiger partial charge in [0.25, 0.3) is 0 Å². The van der Waals surface area contributed by atoms with Crippen molar-refractivity contribution >= 4 is 17.6 Å². The second kappa shape index (κ2) is 8.52. The van der Waals surface area contributed by atoms with Crippen LogP contribution in [0.2, 0.25) is 5.02 Å². The Bertz CT molecular complexity index is 724. The van der Waals surface area contributed by atoms with Crippen LogP contribution in [0.3, 0.4) is 0 Å². The largest absolute Gasteiger partial charge is 0.493 e. The Balaban J connectivity index is 2.12. The first-order chi connectivity index (χ1) is 11.5. The molecule has 2 aromatic carbocycles. The molecule has 24 heavy (non-hydrogen) atoms. The minimum absolute atomic E-state index is 0.0133. The smallest absolute Gasteiger partial charge is 0.317 e. The summed E-state index contributed by atoms with van der Waals surface area (Å²) in [5.74, 6) is -0.602. The van der Waals surface area contributed by atoms with Crippen molar-refractivity contribution in [1.29, 1.82) is 0 Å². The molecule has 128 valence electrons. The second-order valence-corrected chi connectivity index (χ2v) is 5.39. The Morgan fingerprint density at radius 1 is 1.33 bits per heavy atom. The molecule has 2 N–H and O–H groups in total. The minimum atomic E-state index is -0.946.